The van der Waals surface area contributed by atoms with Crippen molar-refractivity contribution in [3.8, 4) is 5.75 Å². The molecule has 0 saturated carbocycles. The Bertz CT molecular complexity index is 1060. The zero-order valence-corrected chi connectivity index (χ0v) is 16.2. The van der Waals surface area contributed by atoms with Crippen molar-refractivity contribution in [1.82, 2.24) is 0 Å². The molecular weight excluding hydrogens is 411 g/mol. The summed E-state index contributed by atoms with van der Waals surface area (Å²) in [5, 5.41) is 3.84. The van der Waals surface area contributed by atoms with Gasteiger partial charge >= 0.3 is 0 Å². The fourth-order valence-electron chi connectivity index (χ4n) is 2.63. The average molecular weight is 427 g/mol. The van der Waals surface area contributed by atoms with Crippen LogP contribution in [0.4, 0.5) is 15.8 Å². The van der Waals surface area contributed by atoms with Gasteiger partial charge in [-0.05, 0) is 43.3 Å². The molecule has 0 aliphatic carbocycles. The summed E-state index contributed by atoms with van der Waals surface area (Å²) >= 11 is 5.66. The third-order valence-electron chi connectivity index (χ3n) is 4.12. The van der Waals surface area contributed by atoms with Crippen LogP contribution in [0.2, 0.25) is 5.02 Å². The number of sulfone groups is 1. The zero-order chi connectivity index (χ0) is 20.5. The number of halogens is 2. The largest absolute Gasteiger partial charge is 0.482 e. The van der Waals surface area contributed by atoms with E-state index in [9.17, 15) is 22.4 Å². The summed E-state index contributed by atoms with van der Waals surface area (Å²) in [6.45, 7) is 1.27. The fourth-order valence-corrected chi connectivity index (χ4v) is 4.18. The van der Waals surface area contributed by atoms with Gasteiger partial charge in [-0.25, -0.2) is 12.8 Å². The predicted molar refractivity (Wildman–Crippen MR) is 102 cm³/mol. The third-order valence-corrected chi connectivity index (χ3v) is 6.55. The Kier molecular flexibility index (Phi) is 5.57. The van der Waals surface area contributed by atoms with E-state index in [0.717, 1.165) is 6.07 Å². The van der Waals surface area contributed by atoms with Crippen LogP contribution in [-0.4, -0.2) is 32.1 Å². The van der Waals surface area contributed by atoms with Gasteiger partial charge in [0.05, 0.1) is 20.9 Å². The molecule has 2 aromatic rings. The van der Waals surface area contributed by atoms with Crippen LogP contribution in [0.5, 0.6) is 5.75 Å². The quantitative estimate of drug-likeness (QED) is 0.765. The molecule has 1 heterocycles. The van der Waals surface area contributed by atoms with Crippen LogP contribution in [0.1, 0.15) is 13.3 Å². The molecule has 1 atom stereocenters. The molecule has 0 unspecified atom stereocenters. The number of anilines is 2. The number of benzene rings is 2. The Morgan fingerprint density at radius 2 is 2.07 bits per heavy atom. The van der Waals surface area contributed by atoms with Crippen LogP contribution in [0.3, 0.4) is 0 Å². The van der Waals surface area contributed by atoms with Gasteiger partial charge in [0, 0.05) is 12.1 Å². The molecule has 0 aromatic heterocycles. The average Bonchev–Trinajstić information content (AvgIpc) is 2.64. The lowest BCUT2D eigenvalue weighted by Crippen LogP contribution is -2.27. The molecule has 7 nitrogen and oxygen atoms in total. The summed E-state index contributed by atoms with van der Waals surface area (Å²) in [7, 11) is -3.85. The van der Waals surface area contributed by atoms with Crippen LogP contribution in [-0.2, 0) is 19.4 Å². The molecule has 1 aliphatic rings. The minimum atomic E-state index is -3.85. The maximum atomic E-state index is 13.2. The van der Waals surface area contributed by atoms with Gasteiger partial charge in [0.2, 0.25) is 5.91 Å². The molecule has 3 rings (SSSR count). The lowest BCUT2D eigenvalue weighted by Gasteiger charge is -2.19. The number of ether oxygens (including phenoxy) is 1. The van der Waals surface area contributed by atoms with Crippen molar-refractivity contribution in [3.05, 3.63) is 47.2 Å². The monoisotopic (exact) mass is 426 g/mol. The van der Waals surface area contributed by atoms with E-state index >= 15 is 0 Å². The summed E-state index contributed by atoms with van der Waals surface area (Å²) in [5.74, 6) is -1.20. The van der Waals surface area contributed by atoms with Crippen LogP contribution < -0.4 is 15.4 Å². The van der Waals surface area contributed by atoms with Crippen LogP contribution in [0.15, 0.2) is 41.3 Å². The predicted octanol–water partition coefficient (Wildman–Crippen LogP) is 3.00. The van der Waals surface area contributed by atoms with Crippen molar-refractivity contribution in [1.29, 1.82) is 0 Å². The molecule has 2 amide bonds. The smallest absolute Gasteiger partial charge is 0.262 e. The van der Waals surface area contributed by atoms with Gasteiger partial charge in [0.25, 0.3) is 5.91 Å². The first kappa shape index (κ1) is 20.1. The Morgan fingerprint density at radius 1 is 1.32 bits per heavy atom. The SMILES string of the molecule is C[C@H](CC(=O)Nc1ccc(F)c(Cl)c1)S(=O)(=O)c1ccc2c(c1)NC(=O)CO2. The number of nitrogens with one attached hydrogen (secondary N) is 2. The molecule has 2 aromatic carbocycles. The number of hydrogen-bond donors (Lipinski definition) is 2. The molecule has 0 spiro atoms. The first-order chi connectivity index (χ1) is 13.2. The molecule has 0 radical (unpaired) electrons. The van der Waals surface area contributed by atoms with Crippen molar-refractivity contribution < 1.29 is 27.1 Å². The number of carbonyl (C=O) groups is 2. The van der Waals surface area contributed by atoms with Gasteiger partial charge in [0.15, 0.2) is 16.4 Å². The second-order valence-electron chi connectivity index (χ2n) is 6.23. The van der Waals surface area contributed by atoms with Gasteiger partial charge in [-0.15, -0.1) is 0 Å². The first-order valence-corrected chi connectivity index (χ1v) is 10.1. The maximum Gasteiger partial charge on any atom is 0.262 e. The molecule has 2 N–H and O–H groups in total. The summed E-state index contributed by atoms with van der Waals surface area (Å²) in [4.78, 5) is 23.6. The maximum absolute atomic E-state index is 13.2. The van der Waals surface area contributed by atoms with E-state index in [0.29, 0.717) is 5.75 Å². The van der Waals surface area contributed by atoms with Crippen molar-refractivity contribution in [2.24, 2.45) is 0 Å². The van der Waals surface area contributed by atoms with Gasteiger partial charge in [-0.1, -0.05) is 11.6 Å². The van der Waals surface area contributed by atoms with Crippen molar-refractivity contribution in [2.75, 3.05) is 17.2 Å². The number of hydrogen-bond acceptors (Lipinski definition) is 5. The van der Waals surface area contributed by atoms with Crippen LogP contribution in [0.25, 0.3) is 0 Å². The fraction of sp³-hybridized carbons (Fsp3) is 0.222. The number of fused-ring (bicyclic) bond motifs is 1. The standard InChI is InChI=1S/C18H16ClFN2O5S/c1-10(6-17(23)21-11-2-4-14(20)13(19)7-11)28(25,26)12-3-5-16-15(8-12)22-18(24)9-27-16/h2-5,7-8,10H,6,9H2,1H3,(H,21,23)(H,22,24)/t10-/m1/s1. The molecule has 10 heteroatoms. The lowest BCUT2D eigenvalue weighted by molar-refractivity contribution is -0.118. The van der Waals surface area contributed by atoms with Crippen LogP contribution in [0, 0.1) is 5.82 Å². The molecule has 148 valence electrons. The van der Waals surface area contributed by atoms with Crippen molar-refractivity contribution >= 4 is 44.6 Å². The minimum Gasteiger partial charge on any atom is -0.482 e. The van der Waals surface area contributed by atoms with E-state index in [4.69, 9.17) is 16.3 Å². The normalized spacial score (nSPS) is 14.5. The highest BCUT2D eigenvalue weighted by Crippen LogP contribution is 2.31. The Labute approximate surface area is 165 Å². The molecular formula is C18H16ClFN2O5S. The van der Waals surface area contributed by atoms with E-state index in [-0.39, 0.29) is 40.2 Å². The third kappa shape index (κ3) is 4.26. The van der Waals surface area contributed by atoms with E-state index in [1.807, 2.05) is 0 Å². The molecule has 28 heavy (non-hydrogen) atoms. The first-order valence-electron chi connectivity index (χ1n) is 8.22. The van der Waals surface area contributed by atoms with Crippen LogP contribution >= 0.6 is 11.6 Å². The Balaban J connectivity index is 1.73. The molecule has 0 bridgehead atoms. The minimum absolute atomic E-state index is 0.0397. The van der Waals surface area contributed by atoms with E-state index in [1.165, 1.54) is 37.3 Å². The summed E-state index contributed by atoms with van der Waals surface area (Å²) in [5.41, 5.74) is 0.518. The number of carbonyl (C=O) groups excluding carboxylic acids is 2. The summed E-state index contributed by atoms with van der Waals surface area (Å²) in [6, 6.07) is 7.77. The Hall–Kier alpha value is -2.65. The highest BCUT2D eigenvalue weighted by Gasteiger charge is 2.28. The topological polar surface area (TPSA) is 102 Å². The zero-order valence-electron chi connectivity index (χ0n) is 14.7. The summed E-state index contributed by atoms with van der Waals surface area (Å²) in [6.07, 6.45) is -0.322. The highest BCUT2D eigenvalue weighted by atomic mass is 35.5. The van der Waals surface area contributed by atoms with Gasteiger partial charge < -0.3 is 15.4 Å². The van der Waals surface area contributed by atoms with Gasteiger partial charge in [-0.2, -0.15) is 0 Å². The van der Waals surface area contributed by atoms with Gasteiger partial charge in [-0.3, -0.25) is 9.59 Å². The van der Waals surface area contributed by atoms with Gasteiger partial charge in [0.1, 0.15) is 11.6 Å². The van der Waals surface area contributed by atoms with E-state index in [1.54, 1.807) is 0 Å². The number of amides is 2. The molecule has 1 aliphatic heterocycles. The second-order valence-corrected chi connectivity index (χ2v) is 9.00. The molecule has 0 fully saturated rings. The van der Waals surface area contributed by atoms with E-state index in [2.05, 4.69) is 10.6 Å². The van der Waals surface area contributed by atoms with Crippen molar-refractivity contribution in [3.63, 3.8) is 0 Å². The summed E-state index contributed by atoms with van der Waals surface area (Å²) < 4.78 is 43.9. The Morgan fingerprint density at radius 3 is 2.79 bits per heavy atom. The highest BCUT2D eigenvalue weighted by molar-refractivity contribution is 7.92. The lowest BCUT2D eigenvalue weighted by atomic mass is 10.2. The van der Waals surface area contributed by atoms with E-state index < -0.39 is 26.8 Å². The second kappa shape index (κ2) is 7.76. The van der Waals surface area contributed by atoms with Crippen molar-refractivity contribution in [2.45, 2.75) is 23.5 Å². The number of rotatable bonds is 5. The molecule has 0 saturated heterocycles.